The van der Waals surface area contributed by atoms with Gasteiger partial charge in [0.05, 0.1) is 29.6 Å². The largest absolute Gasteiger partial charge is 0.486 e. The fourth-order valence-electron chi connectivity index (χ4n) is 2.80. The first kappa shape index (κ1) is 21.6. The highest BCUT2D eigenvalue weighted by atomic mass is 32.2. The standard InChI is InChI=1S/C19H22N2O6S2/c1-15-2-4-16(5-3-15)28-13-12-27-19-7-6-17(14-18(19)21(22)23)29(24,25)20-8-10-26-11-9-20/h2-7,14H,8-13H2,1H3. The summed E-state index contributed by atoms with van der Waals surface area (Å²) in [5.74, 6) is 0.661. The molecule has 0 aromatic heterocycles. The Hall–Kier alpha value is -2.14. The van der Waals surface area contributed by atoms with E-state index in [1.54, 1.807) is 11.8 Å². The SMILES string of the molecule is Cc1ccc(SCCOc2ccc(S(=O)(=O)N3CCOCC3)cc2[N+](=O)[O-])cc1. The molecule has 1 heterocycles. The lowest BCUT2D eigenvalue weighted by atomic mass is 10.2. The Kier molecular flexibility index (Phi) is 7.12. The number of hydrogen-bond acceptors (Lipinski definition) is 7. The lowest BCUT2D eigenvalue weighted by Crippen LogP contribution is -2.40. The topological polar surface area (TPSA) is 99.0 Å². The number of thioether (sulfide) groups is 1. The molecule has 0 unspecified atom stereocenters. The molecule has 3 rings (SSSR count). The van der Waals surface area contributed by atoms with Gasteiger partial charge in [-0.15, -0.1) is 11.8 Å². The Labute approximate surface area is 174 Å². The molecule has 1 fully saturated rings. The van der Waals surface area contributed by atoms with Gasteiger partial charge in [0.1, 0.15) is 0 Å². The van der Waals surface area contributed by atoms with Gasteiger partial charge in [-0.2, -0.15) is 4.31 Å². The maximum atomic E-state index is 12.7. The summed E-state index contributed by atoms with van der Waals surface area (Å²) in [4.78, 5) is 11.8. The van der Waals surface area contributed by atoms with E-state index in [2.05, 4.69) is 0 Å². The molecule has 156 valence electrons. The van der Waals surface area contributed by atoms with Gasteiger partial charge < -0.3 is 9.47 Å². The highest BCUT2D eigenvalue weighted by Crippen LogP contribution is 2.31. The molecule has 0 radical (unpaired) electrons. The van der Waals surface area contributed by atoms with Crippen LogP contribution in [-0.4, -0.2) is 56.3 Å². The third-order valence-corrected chi connectivity index (χ3v) is 7.24. The van der Waals surface area contributed by atoms with Gasteiger partial charge in [-0.1, -0.05) is 17.7 Å². The summed E-state index contributed by atoms with van der Waals surface area (Å²) in [5, 5.41) is 11.5. The second kappa shape index (κ2) is 9.57. The van der Waals surface area contributed by atoms with E-state index in [4.69, 9.17) is 9.47 Å². The lowest BCUT2D eigenvalue weighted by molar-refractivity contribution is -0.386. The maximum absolute atomic E-state index is 12.7. The number of rotatable bonds is 8. The third-order valence-electron chi connectivity index (χ3n) is 4.37. The smallest absolute Gasteiger partial charge is 0.312 e. The van der Waals surface area contributed by atoms with Crippen LogP contribution >= 0.6 is 11.8 Å². The molecular weight excluding hydrogens is 416 g/mol. The zero-order valence-corrected chi connectivity index (χ0v) is 17.6. The van der Waals surface area contributed by atoms with Crippen molar-refractivity contribution < 1.29 is 22.8 Å². The summed E-state index contributed by atoms with van der Waals surface area (Å²) in [6, 6.07) is 11.8. The first-order valence-electron chi connectivity index (χ1n) is 9.06. The van der Waals surface area contributed by atoms with Crippen LogP contribution < -0.4 is 4.74 Å². The van der Waals surface area contributed by atoms with Crippen molar-refractivity contribution in [1.29, 1.82) is 0 Å². The number of nitro benzene ring substituents is 1. The summed E-state index contributed by atoms with van der Waals surface area (Å²) >= 11 is 1.58. The minimum Gasteiger partial charge on any atom is -0.486 e. The summed E-state index contributed by atoms with van der Waals surface area (Å²) in [7, 11) is -3.81. The van der Waals surface area contributed by atoms with Crippen LogP contribution in [0.25, 0.3) is 0 Å². The Morgan fingerprint density at radius 1 is 1.17 bits per heavy atom. The van der Waals surface area contributed by atoms with Crippen molar-refractivity contribution in [3.63, 3.8) is 0 Å². The van der Waals surface area contributed by atoms with Crippen molar-refractivity contribution in [3.8, 4) is 5.75 Å². The van der Waals surface area contributed by atoms with E-state index in [1.807, 2.05) is 31.2 Å². The average Bonchev–Trinajstić information content (AvgIpc) is 2.73. The molecule has 0 spiro atoms. The fourth-order valence-corrected chi connectivity index (χ4v) is 4.96. The van der Waals surface area contributed by atoms with Crippen molar-refractivity contribution in [2.75, 3.05) is 38.7 Å². The van der Waals surface area contributed by atoms with Crippen LogP contribution in [-0.2, 0) is 14.8 Å². The van der Waals surface area contributed by atoms with Gasteiger partial charge in [0, 0.05) is 29.8 Å². The number of benzene rings is 2. The fraction of sp³-hybridized carbons (Fsp3) is 0.368. The highest BCUT2D eigenvalue weighted by molar-refractivity contribution is 7.99. The van der Waals surface area contributed by atoms with Crippen LogP contribution in [0, 0.1) is 17.0 Å². The van der Waals surface area contributed by atoms with Crippen LogP contribution in [0.5, 0.6) is 5.75 Å². The molecule has 1 saturated heterocycles. The third kappa shape index (κ3) is 5.47. The van der Waals surface area contributed by atoms with E-state index >= 15 is 0 Å². The van der Waals surface area contributed by atoms with Crippen LogP contribution in [0.1, 0.15) is 5.56 Å². The molecule has 2 aromatic rings. The van der Waals surface area contributed by atoms with Gasteiger partial charge >= 0.3 is 5.69 Å². The number of ether oxygens (including phenoxy) is 2. The molecule has 8 nitrogen and oxygen atoms in total. The maximum Gasteiger partial charge on any atom is 0.312 e. The van der Waals surface area contributed by atoms with E-state index in [0.717, 1.165) is 11.0 Å². The Morgan fingerprint density at radius 3 is 2.52 bits per heavy atom. The predicted molar refractivity (Wildman–Crippen MR) is 110 cm³/mol. The molecule has 0 aliphatic carbocycles. The summed E-state index contributed by atoms with van der Waals surface area (Å²) in [5.41, 5.74) is 0.813. The predicted octanol–water partition coefficient (Wildman–Crippen LogP) is 3.10. The summed E-state index contributed by atoms with van der Waals surface area (Å²) < 4.78 is 37.4. The first-order chi connectivity index (χ1) is 13.9. The van der Waals surface area contributed by atoms with Gasteiger partial charge in [-0.3, -0.25) is 10.1 Å². The number of nitro groups is 1. The second-order valence-corrected chi connectivity index (χ2v) is 9.52. The van der Waals surface area contributed by atoms with Crippen molar-refractivity contribution in [1.82, 2.24) is 4.31 Å². The number of sulfonamides is 1. The number of nitrogens with zero attached hydrogens (tertiary/aromatic N) is 2. The van der Waals surface area contributed by atoms with Gasteiger partial charge in [0.15, 0.2) is 5.75 Å². The van der Waals surface area contributed by atoms with Gasteiger partial charge in [-0.05, 0) is 31.2 Å². The van der Waals surface area contributed by atoms with Crippen molar-refractivity contribution >= 4 is 27.5 Å². The molecular formula is C19H22N2O6S2. The van der Waals surface area contributed by atoms with E-state index < -0.39 is 14.9 Å². The Bertz CT molecular complexity index is 957. The Balaban J connectivity index is 1.67. The molecule has 0 bridgehead atoms. The summed E-state index contributed by atoms with van der Waals surface area (Å²) in [6.07, 6.45) is 0. The van der Waals surface area contributed by atoms with Crippen molar-refractivity contribution in [3.05, 3.63) is 58.1 Å². The number of hydrogen-bond donors (Lipinski definition) is 0. The summed E-state index contributed by atoms with van der Waals surface area (Å²) in [6.45, 7) is 3.34. The molecule has 0 N–H and O–H groups in total. The molecule has 2 aromatic carbocycles. The number of morpholine rings is 1. The van der Waals surface area contributed by atoms with E-state index in [-0.39, 0.29) is 36.0 Å². The van der Waals surface area contributed by atoms with Crippen LogP contribution in [0.15, 0.2) is 52.3 Å². The molecule has 29 heavy (non-hydrogen) atoms. The number of aryl methyl sites for hydroxylation is 1. The zero-order chi connectivity index (χ0) is 20.9. The highest BCUT2D eigenvalue weighted by Gasteiger charge is 2.29. The minimum atomic E-state index is -3.81. The normalized spacial score (nSPS) is 15.2. The monoisotopic (exact) mass is 438 g/mol. The molecule has 0 saturated carbocycles. The average molecular weight is 439 g/mol. The Morgan fingerprint density at radius 2 is 1.86 bits per heavy atom. The van der Waals surface area contributed by atoms with Crippen LogP contribution in [0.3, 0.4) is 0 Å². The second-order valence-electron chi connectivity index (χ2n) is 6.41. The molecule has 1 aliphatic rings. The van der Waals surface area contributed by atoms with E-state index in [9.17, 15) is 18.5 Å². The van der Waals surface area contributed by atoms with Crippen LogP contribution in [0.4, 0.5) is 5.69 Å². The van der Waals surface area contributed by atoms with Crippen molar-refractivity contribution in [2.24, 2.45) is 0 Å². The minimum absolute atomic E-state index is 0.0560. The quantitative estimate of drug-likeness (QED) is 0.270. The molecule has 10 heteroatoms. The van der Waals surface area contributed by atoms with Crippen molar-refractivity contribution in [2.45, 2.75) is 16.7 Å². The molecule has 1 aliphatic heterocycles. The first-order valence-corrected chi connectivity index (χ1v) is 11.5. The van der Waals surface area contributed by atoms with Crippen LogP contribution in [0.2, 0.25) is 0 Å². The molecule has 0 atom stereocenters. The van der Waals surface area contributed by atoms with Gasteiger partial charge in [0.2, 0.25) is 10.0 Å². The van der Waals surface area contributed by atoms with Gasteiger partial charge in [-0.25, -0.2) is 8.42 Å². The van der Waals surface area contributed by atoms with E-state index in [1.165, 1.54) is 22.0 Å². The zero-order valence-electron chi connectivity index (χ0n) is 15.9. The lowest BCUT2D eigenvalue weighted by Gasteiger charge is -2.26. The molecule has 0 amide bonds. The van der Waals surface area contributed by atoms with E-state index in [0.29, 0.717) is 19.0 Å². The van der Waals surface area contributed by atoms with Gasteiger partial charge in [0.25, 0.3) is 0 Å².